The summed E-state index contributed by atoms with van der Waals surface area (Å²) in [5.74, 6) is -8.68. The summed E-state index contributed by atoms with van der Waals surface area (Å²) in [5.41, 5.74) is 16.5. The lowest BCUT2D eigenvalue weighted by molar-refractivity contribution is -0.150. The summed E-state index contributed by atoms with van der Waals surface area (Å²) in [6.07, 6.45) is 1.29. The lowest BCUT2D eigenvalue weighted by Crippen LogP contribution is -2.61. The van der Waals surface area contributed by atoms with Crippen molar-refractivity contribution in [1.82, 2.24) is 36.8 Å². The Morgan fingerprint density at radius 2 is 1.03 bits per heavy atom. The highest BCUT2D eigenvalue weighted by atomic mass is 16.4. The number of carbonyl (C=O) groups is 9. The molecule has 60 heavy (non-hydrogen) atoms. The SMILES string of the molecule is CC(C)C[C@H](NC(=O)[C@H](CO)NC(=O)[C@H](CCCCN)NC(=O)[C@@H](N)CCC(N)=O)C(=O)N[C@@H](CO)C(=O)N[C@@H](CC(C)C)C(=O)N[C@@H](CO)C(=O)N1CCC[C@H]1C(=O)O. The number of carboxylic acid groups (broad SMARTS) is 1. The molecule has 0 aliphatic carbocycles. The van der Waals surface area contributed by atoms with Gasteiger partial charge in [0.05, 0.1) is 25.9 Å². The second-order valence-corrected chi connectivity index (χ2v) is 15.6. The minimum absolute atomic E-state index is 0.0113. The number of carbonyl (C=O) groups excluding carboxylic acids is 8. The molecular formula is C37H66N10O13. The number of nitrogens with one attached hydrogen (secondary N) is 6. The van der Waals surface area contributed by atoms with Crippen molar-refractivity contribution >= 4 is 53.2 Å². The number of nitrogens with zero attached hydrogens (tertiary/aromatic N) is 1. The summed E-state index contributed by atoms with van der Waals surface area (Å²) in [5, 5.41) is 54.0. The zero-order chi connectivity index (χ0) is 45.7. The van der Waals surface area contributed by atoms with E-state index in [1.807, 2.05) is 0 Å². The molecule has 1 heterocycles. The van der Waals surface area contributed by atoms with Crippen molar-refractivity contribution in [3.63, 3.8) is 0 Å². The summed E-state index contributed by atoms with van der Waals surface area (Å²) < 4.78 is 0. The van der Waals surface area contributed by atoms with Crippen molar-refractivity contribution in [1.29, 1.82) is 0 Å². The molecule has 342 valence electrons. The predicted octanol–water partition coefficient (Wildman–Crippen LogP) is -5.24. The van der Waals surface area contributed by atoms with Gasteiger partial charge in [0.2, 0.25) is 47.3 Å². The third-order valence-corrected chi connectivity index (χ3v) is 9.55. The molecule has 0 aromatic rings. The molecule has 16 N–H and O–H groups in total. The number of amides is 8. The standard InChI is InChI=1S/C37H66N10O13/c1-19(2)14-23(42-34(56)25(16-48)44-31(53)22(8-5-6-12-38)41-30(52)21(39)10-11-29(40)51)32(54)45-26(17-49)35(57)43-24(15-20(3)4)33(55)46-27(18-50)36(58)47-13-7-9-28(47)37(59)60/h19-28,48-50H,5-18,38-39H2,1-4H3,(H2,40,51)(H,41,52)(H,42,56)(H,43,57)(H,44,53)(H,45,54)(H,46,55)(H,59,60)/t21-,22-,23-,24-,25-,26-,27-,28-/m0/s1. The molecule has 1 saturated heterocycles. The molecule has 0 unspecified atom stereocenters. The molecule has 1 aliphatic heterocycles. The number of primary amides is 1. The predicted molar refractivity (Wildman–Crippen MR) is 213 cm³/mol. The van der Waals surface area contributed by atoms with Gasteiger partial charge in [0.25, 0.3) is 0 Å². The fourth-order valence-corrected chi connectivity index (χ4v) is 6.30. The number of hydrogen-bond acceptors (Lipinski definition) is 14. The number of hydrogen-bond donors (Lipinski definition) is 13. The van der Waals surface area contributed by atoms with E-state index in [0.29, 0.717) is 19.3 Å². The van der Waals surface area contributed by atoms with Gasteiger partial charge < -0.3 is 74.4 Å². The molecule has 1 aliphatic rings. The smallest absolute Gasteiger partial charge is 0.326 e. The molecule has 0 spiro atoms. The van der Waals surface area contributed by atoms with E-state index in [9.17, 15) is 63.6 Å². The van der Waals surface area contributed by atoms with E-state index in [1.165, 1.54) is 0 Å². The maximum absolute atomic E-state index is 13.6. The highest BCUT2D eigenvalue weighted by molar-refractivity contribution is 5.97. The van der Waals surface area contributed by atoms with Crippen LogP contribution in [0.25, 0.3) is 0 Å². The molecule has 23 heteroatoms. The average Bonchev–Trinajstić information content (AvgIpc) is 3.69. The summed E-state index contributed by atoms with van der Waals surface area (Å²) in [6.45, 7) is 4.55. The fraction of sp³-hybridized carbons (Fsp3) is 0.757. The van der Waals surface area contributed by atoms with Crippen molar-refractivity contribution in [2.24, 2.45) is 29.0 Å². The van der Waals surface area contributed by atoms with Gasteiger partial charge in [-0.2, -0.15) is 0 Å². The molecule has 0 aromatic heterocycles. The van der Waals surface area contributed by atoms with Crippen LogP contribution in [0.5, 0.6) is 0 Å². The Labute approximate surface area is 349 Å². The van der Waals surface area contributed by atoms with E-state index < -0.39 is 121 Å². The van der Waals surface area contributed by atoms with Gasteiger partial charge in [-0.15, -0.1) is 0 Å². The van der Waals surface area contributed by atoms with Crippen LogP contribution in [0.2, 0.25) is 0 Å². The summed E-state index contributed by atoms with van der Waals surface area (Å²) in [6, 6.07) is -11.1. The van der Waals surface area contributed by atoms with E-state index in [2.05, 4.69) is 31.9 Å². The van der Waals surface area contributed by atoms with E-state index in [-0.39, 0.29) is 63.5 Å². The van der Waals surface area contributed by atoms with Crippen LogP contribution in [-0.4, -0.2) is 160 Å². The summed E-state index contributed by atoms with van der Waals surface area (Å²) in [4.78, 5) is 117. The normalized spacial score (nSPS) is 17.3. The third-order valence-electron chi connectivity index (χ3n) is 9.55. The molecule has 1 fully saturated rings. The van der Waals surface area contributed by atoms with Crippen LogP contribution in [0.1, 0.15) is 85.5 Å². The quantitative estimate of drug-likeness (QED) is 0.0327. The molecular weight excluding hydrogens is 792 g/mol. The molecule has 23 nitrogen and oxygen atoms in total. The van der Waals surface area contributed by atoms with Gasteiger partial charge in [-0.3, -0.25) is 38.4 Å². The van der Waals surface area contributed by atoms with Crippen LogP contribution in [0.4, 0.5) is 0 Å². The molecule has 0 bridgehead atoms. The van der Waals surface area contributed by atoms with Crippen molar-refractivity contribution in [3.8, 4) is 0 Å². The Kier molecular flexibility index (Phi) is 23.9. The highest BCUT2D eigenvalue weighted by Gasteiger charge is 2.39. The number of nitrogens with two attached hydrogens (primary N) is 3. The Hall–Kier alpha value is -4.97. The largest absolute Gasteiger partial charge is 0.480 e. The van der Waals surface area contributed by atoms with Gasteiger partial charge in [-0.25, -0.2) is 4.79 Å². The number of likely N-dealkylation sites (tertiary alicyclic amines) is 1. The van der Waals surface area contributed by atoms with Crippen LogP contribution in [0, 0.1) is 11.8 Å². The van der Waals surface area contributed by atoms with Crippen molar-refractivity contribution in [3.05, 3.63) is 0 Å². The number of aliphatic carboxylic acids is 1. The zero-order valence-electron chi connectivity index (χ0n) is 34.8. The maximum Gasteiger partial charge on any atom is 0.326 e. The number of rotatable bonds is 28. The van der Waals surface area contributed by atoms with Crippen molar-refractivity contribution in [2.45, 2.75) is 134 Å². The summed E-state index contributed by atoms with van der Waals surface area (Å²) in [7, 11) is 0. The maximum atomic E-state index is 13.6. The highest BCUT2D eigenvalue weighted by Crippen LogP contribution is 2.19. The Morgan fingerprint density at radius 3 is 1.45 bits per heavy atom. The van der Waals surface area contributed by atoms with E-state index in [0.717, 1.165) is 4.90 Å². The van der Waals surface area contributed by atoms with Gasteiger partial charge in [-0.05, 0) is 69.7 Å². The monoisotopic (exact) mass is 858 g/mol. The van der Waals surface area contributed by atoms with Crippen molar-refractivity contribution in [2.75, 3.05) is 32.9 Å². The van der Waals surface area contributed by atoms with Crippen LogP contribution in [0.15, 0.2) is 0 Å². The lowest BCUT2D eigenvalue weighted by Gasteiger charge is -2.29. The first kappa shape index (κ1) is 53.0. The Morgan fingerprint density at radius 1 is 0.617 bits per heavy atom. The van der Waals surface area contributed by atoms with Crippen LogP contribution >= 0.6 is 0 Å². The average molecular weight is 859 g/mol. The second kappa shape index (κ2) is 27.0. The second-order valence-electron chi connectivity index (χ2n) is 15.6. The first-order chi connectivity index (χ1) is 28.2. The van der Waals surface area contributed by atoms with Gasteiger partial charge >= 0.3 is 5.97 Å². The van der Waals surface area contributed by atoms with Gasteiger partial charge in [-0.1, -0.05) is 27.7 Å². The lowest BCUT2D eigenvalue weighted by atomic mass is 10.0. The van der Waals surface area contributed by atoms with E-state index in [4.69, 9.17) is 17.2 Å². The van der Waals surface area contributed by atoms with Gasteiger partial charge in [0.1, 0.15) is 42.3 Å². The minimum atomic E-state index is -1.66. The van der Waals surface area contributed by atoms with Crippen LogP contribution in [0.3, 0.4) is 0 Å². The Balaban J connectivity index is 3.12. The Bertz CT molecular complexity index is 1480. The fourth-order valence-electron chi connectivity index (χ4n) is 6.30. The third kappa shape index (κ3) is 18.1. The molecule has 0 radical (unpaired) electrons. The van der Waals surface area contributed by atoms with Crippen LogP contribution in [-0.2, 0) is 43.2 Å². The molecule has 0 saturated carbocycles. The first-order valence-electron chi connectivity index (χ1n) is 20.1. The number of aliphatic hydroxyl groups excluding tert-OH is 3. The van der Waals surface area contributed by atoms with Crippen LogP contribution < -0.4 is 49.1 Å². The van der Waals surface area contributed by atoms with Crippen molar-refractivity contribution < 1.29 is 63.6 Å². The number of unbranched alkanes of at least 4 members (excludes halogenated alkanes) is 1. The topological polar surface area (TPSA) is 388 Å². The van der Waals surface area contributed by atoms with Gasteiger partial charge in [0, 0.05) is 13.0 Å². The number of aliphatic hydroxyl groups is 3. The zero-order valence-corrected chi connectivity index (χ0v) is 34.8. The minimum Gasteiger partial charge on any atom is -0.480 e. The molecule has 8 atom stereocenters. The molecule has 8 amide bonds. The van der Waals surface area contributed by atoms with E-state index >= 15 is 0 Å². The molecule has 0 aromatic carbocycles. The van der Waals surface area contributed by atoms with Gasteiger partial charge in [0.15, 0.2) is 0 Å². The summed E-state index contributed by atoms with van der Waals surface area (Å²) >= 11 is 0. The van der Waals surface area contributed by atoms with E-state index in [1.54, 1.807) is 27.7 Å². The first-order valence-corrected chi connectivity index (χ1v) is 20.1. The number of carboxylic acids is 1. The molecule has 1 rings (SSSR count).